The number of aryl methyl sites for hydroxylation is 1. The lowest BCUT2D eigenvalue weighted by Gasteiger charge is -2.24. The molecule has 0 saturated carbocycles. The van der Waals surface area contributed by atoms with Gasteiger partial charge in [-0.05, 0) is 47.0 Å². The van der Waals surface area contributed by atoms with Gasteiger partial charge in [0.1, 0.15) is 0 Å². The van der Waals surface area contributed by atoms with E-state index in [4.69, 9.17) is 0 Å². The molecule has 3 heteroatoms. The maximum atomic E-state index is 4.48. The topological polar surface area (TPSA) is 12.9 Å². The van der Waals surface area contributed by atoms with Crippen LogP contribution in [0.15, 0.2) is 3.92 Å². The first-order valence-electron chi connectivity index (χ1n) is 4.81. The van der Waals surface area contributed by atoms with Crippen LogP contribution >= 0.6 is 27.3 Å². The van der Waals surface area contributed by atoms with Crippen molar-refractivity contribution >= 4 is 27.3 Å². The van der Waals surface area contributed by atoms with Crippen LogP contribution in [-0.4, -0.2) is 4.98 Å². The van der Waals surface area contributed by atoms with Crippen molar-refractivity contribution in [1.29, 1.82) is 0 Å². The number of aromatic nitrogens is 1. The molecule has 0 saturated heterocycles. The molecular formula is C10H14BrNS. The molecule has 1 aliphatic rings. The van der Waals surface area contributed by atoms with Crippen LogP contribution in [0.1, 0.15) is 30.8 Å². The fourth-order valence-electron chi connectivity index (χ4n) is 1.94. The van der Waals surface area contributed by atoms with E-state index in [1.165, 1.54) is 29.8 Å². The predicted octanol–water partition coefficient (Wildman–Crippen LogP) is 3.67. The minimum atomic E-state index is 0.814. The Bertz CT molecular complexity index is 306. The van der Waals surface area contributed by atoms with Crippen molar-refractivity contribution in [2.24, 2.45) is 11.8 Å². The SMILES string of the molecule is CC(C)C1CCc2nc(Br)sc2C1. The molecule has 2 rings (SSSR count). The van der Waals surface area contributed by atoms with E-state index in [-0.39, 0.29) is 0 Å². The number of fused-ring (bicyclic) bond motifs is 1. The second-order valence-electron chi connectivity index (χ2n) is 4.08. The van der Waals surface area contributed by atoms with E-state index in [0.717, 1.165) is 15.8 Å². The summed E-state index contributed by atoms with van der Waals surface area (Å²) in [5.74, 6) is 1.69. The van der Waals surface area contributed by atoms with Gasteiger partial charge in [0.25, 0.3) is 0 Å². The maximum absolute atomic E-state index is 4.48. The summed E-state index contributed by atoms with van der Waals surface area (Å²) >= 11 is 5.27. The lowest BCUT2D eigenvalue weighted by atomic mass is 9.83. The van der Waals surface area contributed by atoms with Gasteiger partial charge >= 0.3 is 0 Å². The van der Waals surface area contributed by atoms with Gasteiger partial charge in [-0.1, -0.05) is 13.8 Å². The van der Waals surface area contributed by atoms with Gasteiger partial charge in [-0.15, -0.1) is 11.3 Å². The first-order valence-corrected chi connectivity index (χ1v) is 6.42. The first-order chi connectivity index (χ1) is 6.16. The van der Waals surface area contributed by atoms with Crippen molar-refractivity contribution in [3.8, 4) is 0 Å². The van der Waals surface area contributed by atoms with E-state index < -0.39 is 0 Å². The highest BCUT2D eigenvalue weighted by Crippen LogP contribution is 2.34. The highest BCUT2D eigenvalue weighted by Gasteiger charge is 2.23. The Kier molecular flexibility index (Phi) is 2.75. The molecular weight excluding hydrogens is 246 g/mol. The van der Waals surface area contributed by atoms with E-state index in [2.05, 4.69) is 34.8 Å². The summed E-state index contributed by atoms with van der Waals surface area (Å²) in [4.78, 5) is 5.99. The molecule has 1 aromatic rings. The minimum Gasteiger partial charge on any atom is -0.234 e. The van der Waals surface area contributed by atoms with Crippen molar-refractivity contribution in [3.05, 3.63) is 14.5 Å². The Hall–Kier alpha value is 0.110. The molecule has 13 heavy (non-hydrogen) atoms. The average Bonchev–Trinajstić information content (AvgIpc) is 2.42. The molecule has 1 nitrogen and oxygen atoms in total. The first kappa shape index (κ1) is 9.66. The average molecular weight is 260 g/mol. The summed E-state index contributed by atoms with van der Waals surface area (Å²) in [6.07, 6.45) is 3.75. The molecule has 0 N–H and O–H groups in total. The van der Waals surface area contributed by atoms with Gasteiger partial charge in [-0.25, -0.2) is 4.98 Å². The van der Waals surface area contributed by atoms with Crippen molar-refractivity contribution < 1.29 is 0 Å². The highest BCUT2D eigenvalue weighted by atomic mass is 79.9. The zero-order chi connectivity index (χ0) is 9.42. The molecule has 1 aliphatic carbocycles. The van der Waals surface area contributed by atoms with Crippen LogP contribution in [0.25, 0.3) is 0 Å². The van der Waals surface area contributed by atoms with Crippen LogP contribution in [0.3, 0.4) is 0 Å². The number of rotatable bonds is 1. The molecule has 0 bridgehead atoms. The van der Waals surface area contributed by atoms with Crippen molar-refractivity contribution in [1.82, 2.24) is 4.98 Å². The molecule has 1 heterocycles. The third-order valence-electron chi connectivity index (χ3n) is 2.89. The molecule has 0 aliphatic heterocycles. The number of nitrogens with zero attached hydrogens (tertiary/aromatic N) is 1. The number of thiazole rings is 1. The molecule has 1 atom stereocenters. The smallest absolute Gasteiger partial charge is 0.159 e. The van der Waals surface area contributed by atoms with Crippen LogP contribution in [0.4, 0.5) is 0 Å². The Labute approximate surface area is 91.7 Å². The van der Waals surface area contributed by atoms with E-state index in [1.54, 1.807) is 0 Å². The Morgan fingerprint density at radius 2 is 2.31 bits per heavy atom. The zero-order valence-corrected chi connectivity index (χ0v) is 10.4. The minimum absolute atomic E-state index is 0.814. The lowest BCUT2D eigenvalue weighted by Crippen LogP contribution is -2.17. The zero-order valence-electron chi connectivity index (χ0n) is 8.01. The number of halogens is 1. The second-order valence-corrected chi connectivity index (χ2v) is 6.44. The fraction of sp³-hybridized carbons (Fsp3) is 0.700. The third-order valence-corrected chi connectivity index (χ3v) is 4.47. The molecule has 1 aromatic heterocycles. The Morgan fingerprint density at radius 3 is 3.00 bits per heavy atom. The van der Waals surface area contributed by atoms with Gasteiger partial charge in [0, 0.05) is 4.88 Å². The van der Waals surface area contributed by atoms with E-state index >= 15 is 0 Å². The van der Waals surface area contributed by atoms with Gasteiger partial charge < -0.3 is 0 Å². The number of hydrogen-bond acceptors (Lipinski definition) is 2. The molecule has 0 radical (unpaired) electrons. The molecule has 72 valence electrons. The summed E-state index contributed by atoms with van der Waals surface area (Å²) < 4.78 is 1.06. The summed E-state index contributed by atoms with van der Waals surface area (Å²) in [6, 6.07) is 0. The predicted molar refractivity (Wildman–Crippen MR) is 60.2 cm³/mol. The Morgan fingerprint density at radius 1 is 1.54 bits per heavy atom. The third kappa shape index (κ3) is 1.96. The molecule has 0 amide bonds. The van der Waals surface area contributed by atoms with Gasteiger partial charge in [-0.2, -0.15) is 0 Å². The van der Waals surface area contributed by atoms with Crippen LogP contribution in [-0.2, 0) is 12.8 Å². The second kappa shape index (κ2) is 3.70. The normalized spacial score (nSPS) is 22.0. The monoisotopic (exact) mass is 259 g/mol. The largest absolute Gasteiger partial charge is 0.234 e. The van der Waals surface area contributed by atoms with Crippen LogP contribution < -0.4 is 0 Å². The quantitative estimate of drug-likeness (QED) is 0.750. The molecule has 0 spiro atoms. The fourth-order valence-corrected chi connectivity index (χ4v) is 3.66. The summed E-state index contributed by atoms with van der Waals surface area (Å²) in [7, 11) is 0. The van der Waals surface area contributed by atoms with Gasteiger partial charge in [-0.3, -0.25) is 0 Å². The standard InChI is InChI=1S/C10H14BrNS/c1-6(2)7-3-4-8-9(5-7)13-10(11)12-8/h6-7H,3-5H2,1-2H3. The van der Waals surface area contributed by atoms with E-state index in [9.17, 15) is 0 Å². The maximum Gasteiger partial charge on any atom is 0.159 e. The molecule has 0 aromatic carbocycles. The van der Waals surface area contributed by atoms with Crippen LogP contribution in [0.2, 0.25) is 0 Å². The van der Waals surface area contributed by atoms with Gasteiger partial charge in [0.05, 0.1) is 5.69 Å². The van der Waals surface area contributed by atoms with Crippen LogP contribution in [0.5, 0.6) is 0 Å². The van der Waals surface area contributed by atoms with Crippen molar-refractivity contribution in [3.63, 3.8) is 0 Å². The summed E-state index contributed by atoms with van der Waals surface area (Å²) in [5, 5.41) is 0. The van der Waals surface area contributed by atoms with Crippen molar-refractivity contribution in [2.45, 2.75) is 33.1 Å². The summed E-state index contributed by atoms with van der Waals surface area (Å²) in [5.41, 5.74) is 1.34. The number of hydrogen-bond donors (Lipinski definition) is 0. The lowest BCUT2D eigenvalue weighted by molar-refractivity contribution is 0.344. The highest BCUT2D eigenvalue weighted by molar-refractivity contribution is 9.11. The van der Waals surface area contributed by atoms with Crippen LogP contribution in [0, 0.1) is 11.8 Å². The molecule has 1 unspecified atom stereocenters. The van der Waals surface area contributed by atoms with Crippen molar-refractivity contribution in [2.75, 3.05) is 0 Å². The summed E-state index contributed by atoms with van der Waals surface area (Å²) in [6.45, 7) is 4.65. The van der Waals surface area contributed by atoms with E-state index in [1.807, 2.05) is 11.3 Å². The van der Waals surface area contributed by atoms with Gasteiger partial charge in [0.15, 0.2) is 3.92 Å². The Balaban J connectivity index is 2.19. The van der Waals surface area contributed by atoms with E-state index in [0.29, 0.717) is 0 Å². The molecule has 0 fully saturated rings. The van der Waals surface area contributed by atoms with Gasteiger partial charge in [0.2, 0.25) is 0 Å².